The summed E-state index contributed by atoms with van der Waals surface area (Å²) in [7, 11) is -2.13. The lowest BCUT2D eigenvalue weighted by molar-refractivity contribution is 0.158. The van der Waals surface area contributed by atoms with E-state index in [2.05, 4.69) is 32.9 Å². The van der Waals surface area contributed by atoms with Gasteiger partial charge < -0.3 is 13.6 Å². The van der Waals surface area contributed by atoms with E-state index in [1.165, 1.54) is 32.1 Å². The Morgan fingerprint density at radius 3 is 2.10 bits per heavy atom. The van der Waals surface area contributed by atoms with E-state index in [9.17, 15) is 0 Å². The maximum atomic E-state index is 6.43. The lowest BCUT2D eigenvalue weighted by Crippen LogP contribution is -2.40. The van der Waals surface area contributed by atoms with Gasteiger partial charge in [-0.15, -0.1) is 0 Å². The molecule has 0 aliphatic rings. The number of rotatable bonds is 15. The first-order valence-electron chi connectivity index (χ1n) is 11.3. The Bertz CT molecular complexity index is 671. The molecular formula is C25H38O3Si. The molecule has 0 bridgehead atoms. The molecule has 0 N–H and O–H groups in total. The fraction of sp³-hybridized carbons (Fsp3) is 0.520. The number of benzene rings is 2. The van der Waals surface area contributed by atoms with Crippen molar-refractivity contribution in [2.45, 2.75) is 78.0 Å². The molecule has 4 heteroatoms. The smallest absolute Gasteiger partial charge is 0.337 e. The average Bonchev–Trinajstić information content (AvgIpc) is 2.76. The van der Waals surface area contributed by atoms with E-state index < -0.39 is 8.56 Å². The van der Waals surface area contributed by atoms with Crippen LogP contribution in [0.4, 0.5) is 0 Å². The molecule has 0 radical (unpaired) electrons. The summed E-state index contributed by atoms with van der Waals surface area (Å²) >= 11 is 0. The minimum atomic E-state index is -2.13. The number of para-hydroxylation sites is 1. The molecule has 0 aromatic heterocycles. The van der Waals surface area contributed by atoms with Gasteiger partial charge in [-0.25, -0.2) is 0 Å². The maximum Gasteiger partial charge on any atom is 0.337 e. The summed E-state index contributed by atoms with van der Waals surface area (Å²) in [4.78, 5) is 0. The van der Waals surface area contributed by atoms with E-state index in [1.807, 2.05) is 42.5 Å². The summed E-state index contributed by atoms with van der Waals surface area (Å²) < 4.78 is 18.7. The Labute approximate surface area is 178 Å². The number of unbranched alkanes of at least 4 members (excludes halogenated alkanes) is 5. The molecule has 3 nitrogen and oxygen atoms in total. The largest absolute Gasteiger partial charge is 0.457 e. The third kappa shape index (κ3) is 8.73. The predicted molar refractivity (Wildman–Crippen MR) is 124 cm³/mol. The monoisotopic (exact) mass is 414 g/mol. The Kier molecular flexibility index (Phi) is 11.1. The standard InChI is InChI=1S/C25H38O3Si/c1-4-7-8-9-10-14-20-26-29(5-2,6-3)27-22-23-16-15-19-25(21-23)28-24-17-12-11-13-18-24/h11-13,15-19,21H,4-10,14,20,22H2,1-3H3. The van der Waals surface area contributed by atoms with Crippen molar-refractivity contribution in [3.05, 3.63) is 60.2 Å². The molecule has 0 spiro atoms. The molecular weight excluding hydrogens is 376 g/mol. The van der Waals surface area contributed by atoms with Gasteiger partial charge in [-0.05, 0) is 48.3 Å². The summed E-state index contributed by atoms with van der Waals surface area (Å²) in [6.07, 6.45) is 7.71. The lowest BCUT2D eigenvalue weighted by Gasteiger charge is -2.29. The summed E-state index contributed by atoms with van der Waals surface area (Å²) in [5.74, 6) is 1.68. The first-order valence-corrected chi connectivity index (χ1v) is 13.5. The van der Waals surface area contributed by atoms with Gasteiger partial charge in [0.25, 0.3) is 0 Å². The van der Waals surface area contributed by atoms with Crippen LogP contribution >= 0.6 is 0 Å². The van der Waals surface area contributed by atoms with Crippen LogP contribution in [-0.4, -0.2) is 15.2 Å². The molecule has 0 fully saturated rings. The molecule has 0 aliphatic heterocycles. The van der Waals surface area contributed by atoms with Crippen molar-refractivity contribution in [3.8, 4) is 11.5 Å². The quantitative estimate of drug-likeness (QED) is 0.219. The summed E-state index contributed by atoms with van der Waals surface area (Å²) in [6, 6.07) is 20.0. The van der Waals surface area contributed by atoms with Crippen LogP contribution in [0.25, 0.3) is 0 Å². The van der Waals surface area contributed by atoms with Gasteiger partial charge in [-0.3, -0.25) is 0 Å². The minimum absolute atomic E-state index is 0.580. The first-order chi connectivity index (χ1) is 14.2. The number of hydrogen-bond donors (Lipinski definition) is 0. The Morgan fingerprint density at radius 2 is 1.38 bits per heavy atom. The molecule has 2 aromatic carbocycles. The molecule has 0 amide bonds. The molecule has 0 unspecified atom stereocenters. The van der Waals surface area contributed by atoms with E-state index in [1.54, 1.807) is 0 Å². The summed E-state index contributed by atoms with van der Waals surface area (Å²) in [5, 5.41) is 0. The van der Waals surface area contributed by atoms with Gasteiger partial charge >= 0.3 is 8.56 Å². The van der Waals surface area contributed by atoms with Crippen LogP contribution in [0.1, 0.15) is 64.9 Å². The van der Waals surface area contributed by atoms with Crippen LogP contribution in [0.5, 0.6) is 11.5 Å². The highest BCUT2D eigenvalue weighted by Crippen LogP contribution is 2.25. The molecule has 29 heavy (non-hydrogen) atoms. The Balaban J connectivity index is 1.83. The number of ether oxygens (including phenoxy) is 1. The van der Waals surface area contributed by atoms with Crippen molar-refractivity contribution in [1.82, 2.24) is 0 Å². The van der Waals surface area contributed by atoms with E-state index in [4.69, 9.17) is 13.6 Å². The summed E-state index contributed by atoms with van der Waals surface area (Å²) in [6.45, 7) is 8.07. The molecule has 0 atom stereocenters. The van der Waals surface area contributed by atoms with Crippen molar-refractivity contribution >= 4 is 8.56 Å². The fourth-order valence-electron chi connectivity index (χ4n) is 3.38. The fourth-order valence-corrected chi connectivity index (χ4v) is 5.72. The maximum absolute atomic E-state index is 6.43. The highest BCUT2D eigenvalue weighted by atomic mass is 28.4. The highest BCUT2D eigenvalue weighted by molar-refractivity contribution is 6.67. The van der Waals surface area contributed by atoms with Gasteiger partial charge in [-0.2, -0.15) is 0 Å². The van der Waals surface area contributed by atoms with Crippen LogP contribution in [0.2, 0.25) is 12.1 Å². The molecule has 0 aliphatic carbocycles. The van der Waals surface area contributed by atoms with Crippen LogP contribution < -0.4 is 4.74 Å². The van der Waals surface area contributed by atoms with E-state index in [-0.39, 0.29) is 0 Å². The zero-order valence-corrected chi connectivity index (χ0v) is 19.5. The Morgan fingerprint density at radius 1 is 0.690 bits per heavy atom. The molecule has 0 heterocycles. The van der Waals surface area contributed by atoms with Crippen molar-refractivity contribution < 1.29 is 13.6 Å². The second-order valence-electron chi connectivity index (χ2n) is 7.59. The average molecular weight is 415 g/mol. The van der Waals surface area contributed by atoms with Crippen molar-refractivity contribution in [2.75, 3.05) is 6.61 Å². The second-order valence-corrected chi connectivity index (χ2v) is 11.4. The third-order valence-electron chi connectivity index (χ3n) is 5.32. The first kappa shape index (κ1) is 23.7. The minimum Gasteiger partial charge on any atom is -0.457 e. The Hall–Kier alpha value is -1.62. The van der Waals surface area contributed by atoms with Crippen molar-refractivity contribution in [3.63, 3.8) is 0 Å². The third-order valence-corrected chi connectivity index (χ3v) is 8.87. The van der Waals surface area contributed by atoms with Gasteiger partial charge in [0, 0.05) is 6.61 Å². The van der Waals surface area contributed by atoms with Crippen molar-refractivity contribution in [1.29, 1.82) is 0 Å². The van der Waals surface area contributed by atoms with Gasteiger partial charge in [0.05, 0.1) is 6.61 Å². The van der Waals surface area contributed by atoms with E-state index >= 15 is 0 Å². The van der Waals surface area contributed by atoms with Crippen LogP contribution in [0, 0.1) is 0 Å². The van der Waals surface area contributed by atoms with Gasteiger partial charge in [0.1, 0.15) is 11.5 Å². The molecule has 160 valence electrons. The molecule has 2 aromatic rings. The van der Waals surface area contributed by atoms with Gasteiger partial charge in [-0.1, -0.05) is 83.2 Å². The van der Waals surface area contributed by atoms with E-state index in [0.717, 1.165) is 42.2 Å². The molecule has 0 saturated carbocycles. The lowest BCUT2D eigenvalue weighted by atomic mass is 10.1. The second kappa shape index (κ2) is 13.6. The molecule has 0 saturated heterocycles. The summed E-state index contributed by atoms with van der Waals surface area (Å²) in [5.41, 5.74) is 1.13. The van der Waals surface area contributed by atoms with E-state index in [0.29, 0.717) is 6.61 Å². The van der Waals surface area contributed by atoms with Crippen LogP contribution in [-0.2, 0) is 15.5 Å². The topological polar surface area (TPSA) is 27.7 Å². The van der Waals surface area contributed by atoms with Crippen LogP contribution in [0.15, 0.2) is 54.6 Å². The predicted octanol–water partition coefficient (Wildman–Crippen LogP) is 7.85. The van der Waals surface area contributed by atoms with Crippen LogP contribution in [0.3, 0.4) is 0 Å². The van der Waals surface area contributed by atoms with Gasteiger partial charge in [0.15, 0.2) is 0 Å². The molecule has 2 rings (SSSR count). The normalized spacial score (nSPS) is 11.6. The zero-order valence-electron chi connectivity index (χ0n) is 18.5. The number of hydrogen-bond acceptors (Lipinski definition) is 3. The SMILES string of the molecule is CCCCCCCCO[Si](CC)(CC)OCc1cccc(Oc2ccccc2)c1. The van der Waals surface area contributed by atoms with Crippen molar-refractivity contribution in [2.24, 2.45) is 0 Å². The zero-order chi connectivity index (χ0) is 20.8. The highest BCUT2D eigenvalue weighted by Gasteiger charge is 2.33. The van der Waals surface area contributed by atoms with Gasteiger partial charge in [0.2, 0.25) is 0 Å².